The van der Waals surface area contributed by atoms with E-state index in [0.717, 1.165) is 24.2 Å². The largest absolute Gasteiger partial charge is 0.448 e. The van der Waals surface area contributed by atoms with Gasteiger partial charge in [0, 0.05) is 18.0 Å². The molecule has 1 aliphatic heterocycles. The average molecular weight is 336 g/mol. The monoisotopic (exact) mass is 336 g/mol. The van der Waals surface area contributed by atoms with Crippen molar-refractivity contribution in [2.75, 3.05) is 13.1 Å². The SMILES string of the molecule is C[C@@H]1CCc2sc(C(=O)O[C@H](C)C(=O)N3CCNC3=O)cc2C1. The fraction of sp³-hybridized carbons (Fsp3) is 0.562. The Hall–Kier alpha value is -1.89. The van der Waals surface area contributed by atoms with Gasteiger partial charge in [0.1, 0.15) is 4.88 Å². The van der Waals surface area contributed by atoms with Crippen molar-refractivity contribution in [2.24, 2.45) is 5.92 Å². The topological polar surface area (TPSA) is 75.7 Å². The van der Waals surface area contributed by atoms with E-state index in [2.05, 4.69) is 12.2 Å². The number of amides is 3. The Bertz CT molecular complexity index is 655. The van der Waals surface area contributed by atoms with Crippen LogP contribution in [0.4, 0.5) is 4.79 Å². The molecule has 23 heavy (non-hydrogen) atoms. The Morgan fingerprint density at radius 1 is 1.48 bits per heavy atom. The van der Waals surface area contributed by atoms with E-state index in [-0.39, 0.29) is 0 Å². The highest BCUT2D eigenvalue weighted by Crippen LogP contribution is 2.32. The maximum absolute atomic E-state index is 12.3. The van der Waals surface area contributed by atoms with Crippen molar-refractivity contribution >= 4 is 29.2 Å². The maximum atomic E-state index is 12.3. The minimum absolute atomic E-state index is 0.310. The molecule has 1 fully saturated rings. The Morgan fingerprint density at radius 2 is 2.26 bits per heavy atom. The quantitative estimate of drug-likeness (QED) is 0.856. The fourth-order valence-electron chi connectivity index (χ4n) is 2.98. The number of esters is 1. The van der Waals surface area contributed by atoms with Crippen molar-refractivity contribution in [3.05, 3.63) is 21.4 Å². The highest BCUT2D eigenvalue weighted by atomic mass is 32.1. The highest BCUT2D eigenvalue weighted by molar-refractivity contribution is 7.14. The first-order chi connectivity index (χ1) is 11.0. The van der Waals surface area contributed by atoms with E-state index in [4.69, 9.17) is 4.74 Å². The lowest BCUT2D eigenvalue weighted by Gasteiger charge is -2.17. The summed E-state index contributed by atoms with van der Waals surface area (Å²) in [5, 5.41) is 2.56. The van der Waals surface area contributed by atoms with Gasteiger partial charge in [0.2, 0.25) is 0 Å². The number of fused-ring (bicyclic) bond motifs is 1. The Morgan fingerprint density at radius 3 is 2.96 bits per heavy atom. The lowest BCUT2D eigenvalue weighted by Crippen LogP contribution is -2.41. The predicted molar refractivity (Wildman–Crippen MR) is 85.5 cm³/mol. The van der Waals surface area contributed by atoms with Gasteiger partial charge in [-0.2, -0.15) is 0 Å². The van der Waals surface area contributed by atoms with Gasteiger partial charge in [0.05, 0.1) is 0 Å². The van der Waals surface area contributed by atoms with Gasteiger partial charge in [-0.1, -0.05) is 6.92 Å². The highest BCUT2D eigenvalue weighted by Gasteiger charge is 2.32. The minimum atomic E-state index is -0.968. The van der Waals surface area contributed by atoms with Crippen LogP contribution in [-0.2, 0) is 22.4 Å². The van der Waals surface area contributed by atoms with Crippen molar-refractivity contribution in [1.29, 1.82) is 0 Å². The molecule has 0 saturated carbocycles. The summed E-state index contributed by atoms with van der Waals surface area (Å²) in [4.78, 5) is 38.8. The molecule has 1 saturated heterocycles. The van der Waals surface area contributed by atoms with Gasteiger partial charge in [-0.15, -0.1) is 11.3 Å². The summed E-state index contributed by atoms with van der Waals surface area (Å²) in [5.41, 5.74) is 1.22. The summed E-state index contributed by atoms with van der Waals surface area (Å²) in [5.74, 6) is -0.337. The zero-order chi connectivity index (χ0) is 16.6. The third-order valence-electron chi connectivity index (χ3n) is 4.28. The normalized spacial score (nSPS) is 21.6. The first-order valence-corrected chi connectivity index (χ1v) is 8.69. The number of ether oxygens (including phenoxy) is 1. The van der Waals surface area contributed by atoms with Crippen LogP contribution in [0.1, 0.15) is 40.4 Å². The number of carbonyl (C=O) groups excluding carboxylic acids is 3. The van der Waals surface area contributed by atoms with Gasteiger partial charge in [0.15, 0.2) is 6.10 Å². The lowest BCUT2D eigenvalue weighted by molar-refractivity contribution is -0.135. The van der Waals surface area contributed by atoms with Crippen LogP contribution in [0.15, 0.2) is 6.07 Å². The summed E-state index contributed by atoms with van der Waals surface area (Å²) in [6, 6.07) is 1.45. The zero-order valence-electron chi connectivity index (χ0n) is 13.3. The Balaban J connectivity index is 1.65. The first-order valence-electron chi connectivity index (χ1n) is 7.87. The molecule has 0 unspecified atom stereocenters. The number of urea groups is 1. The summed E-state index contributed by atoms with van der Waals surface area (Å²) in [7, 11) is 0. The van der Waals surface area contributed by atoms with Gasteiger partial charge >= 0.3 is 12.0 Å². The number of carbonyl (C=O) groups is 3. The Labute approximate surface area is 138 Å². The van der Waals surface area contributed by atoms with Crippen molar-refractivity contribution < 1.29 is 19.1 Å². The molecular formula is C16H20N2O4S. The molecule has 124 valence electrons. The zero-order valence-corrected chi connectivity index (χ0v) is 14.1. The number of thiophene rings is 1. The second kappa shape index (κ2) is 6.31. The predicted octanol–water partition coefficient (Wildman–Crippen LogP) is 1.97. The molecule has 1 aromatic heterocycles. The van der Waals surface area contributed by atoms with Gasteiger partial charge < -0.3 is 10.1 Å². The average Bonchev–Trinajstić information content (AvgIpc) is 3.11. The smallest absolute Gasteiger partial charge is 0.349 e. The summed E-state index contributed by atoms with van der Waals surface area (Å²) in [6.45, 7) is 4.45. The number of imide groups is 1. The summed E-state index contributed by atoms with van der Waals surface area (Å²) in [6.07, 6.45) is 2.16. The Kier molecular flexibility index (Phi) is 4.39. The van der Waals surface area contributed by atoms with E-state index in [1.54, 1.807) is 0 Å². The molecule has 6 nitrogen and oxygen atoms in total. The standard InChI is InChI=1S/C16H20N2O4S/c1-9-3-4-12-11(7-9)8-13(23-12)15(20)22-10(2)14(19)18-6-5-17-16(18)21/h8-10H,3-7H2,1-2H3,(H,17,21)/t9-,10-/m1/s1. The molecule has 2 aliphatic rings. The molecule has 0 bridgehead atoms. The molecular weight excluding hydrogens is 316 g/mol. The van der Waals surface area contributed by atoms with Crippen molar-refractivity contribution in [1.82, 2.24) is 10.2 Å². The molecule has 1 N–H and O–H groups in total. The fourth-order valence-corrected chi connectivity index (χ4v) is 4.07. The number of hydrogen-bond acceptors (Lipinski definition) is 5. The van der Waals surface area contributed by atoms with Gasteiger partial charge in [-0.3, -0.25) is 9.69 Å². The van der Waals surface area contributed by atoms with Crippen LogP contribution in [0, 0.1) is 5.92 Å². The molecule has 3 rings (SSSR count). The van der Waals surface area contributed by atoms with Crippen LogP contribution in [-0.4, -0.2) is 42.0 Å². The van der Waals surface area contributed by atoms with Gasteiger partial charge in [0.25, 0.3) is 5.91 Å². The minimum Gasteiger partial charge on any atom is -0.448 e. The van der Waals surface area contributed by atoms with E-state index in [1.165, 1.54) is 28.7 Å². The van der Waals surface area contributed by atoms with Gasteiger partial charge in [-0.25, -0.2) is 9.59 Å². The van der Waals surface area contributed by atoms with Crippen molar-refractivity contribution in [3.63, 3.8) is 0 Å². The number of aryl methyl sites for hydroxylation is 1. The molecule has 2 atom stereocenters. The molecule has 0 radical (unpaired) electrons. The van der Waals surface area contributed by atoms with E-state index < -0.39 is 24.0 Å². The van der Waals surface area contributed by atoms with Crippen LogP contribution in [0.3, 0.4) is 0 Å². The van der Waals surface area contributed by atoms with Crippen LogP contribution < -0.4 is 5.32 Å². The lowest BCUT2D eigenvalue weighted by atomic mass is 9.90. The van der Waals surface area contributed by atoms with Crippen LogP contribution in [0.2, 0.25) is 0 Å². The molecule has 3 amide bonds. The molecule has 1 aliphatic carbocycles. The molecule has 0 spiro atoms. The third kappa shape index (κ3) is 3.24. The van der Waals surface area contributed by atoms with Crippen molar-refractivity contribution in [3.8, 4) is 0 Å². The van der Waals surface area contributed by atoms with Crippen LogP contribution in [0.25, 0.3) is 0 Å². The second-order valence-corrected chi connectivity index (χ2v) is 7.31. The van der Waals surface area contributed by atoms with Crippen LogP contribution >= 0.6 is 11.3 Å². The number of nitrogens with one attached hydrogen (secondary N) is 1. The molecule has 1 aromatic rings. The third-order valence-corrected chi connectivity index (χ3v) is 5.50. The first kappa shape index (κ1) is 16.0. The molecule has 7 heteroatoms. The van der Waals surface area contributed by atoms with E-state index >= 15 is 0 Å². The van der Waals surface area contributed by atoms with E-state index in [0.29, 0.717) is 23.9 Å². The maximum Gasteiger partial charge on any atom is 0.349 e. The van der Waals surface area contributed by atoms with Crippen molar-refractivity contribution in [2.45, 2.75) is 39.2 Å². The number of hydrogen-bond donors (Lipinski definition) is 1. The summed E-state index contributed by atoms with van der Waals surface area (Å²) >= 11 is 1.45. The van der Waals surface area contributed by atoms with Gasteiger partial charge in [-0.05, 0) is 43.7 Å². The molecule has 0 aromatic carbocycles. The molecule has 2 heterocycles. The second-order valence-electron chi connectivity index (χ2n) is 6.18. The van der Waals surface area contributed by atoms with Crippen LogP contribution in [0.5, 0.6) is 0 Å². The number of rotatable bonds is 3. The number of nitrogens with zero attached hydrogens (tertiary/aromatic N) is 1. The summed E-state index contributed by atoms with van der Waals surface area (Å²) < 4.78 is 5.26. The van der Waals surface area contributed by atoms with E-state index in [1.807, 2.05) is 6.07 Å². The van der Waals surface area contributed by atoms with E-state index in [9.17, 15) is 14.4 Å².